The third-order valence-corrected chi connectivity index (χ3v) is 5.92. The lowest BCUT2D eigenvalue weighted by molar-refractivity contribution is -0.119. The molecule has 2 heterocycles. The number of hydrogen-bond donors (Lipinski definition) is 1. The molecule has 34 heavy (non-hydrogen) atoms. The van der Waals surface area contributed by atoms with E-state index in [1.807, 2.05) is 13.0 Å². The first-order chi connectivity index (χ1) is 16.5. The second kappa shape index (κ2) is 9.82. The molecule has 8 heteroatoms. The van der Waals surface area contributed by atoms with Gasteiger partial charge in [0.1, 0.15) is 5.75 Å². The lowest BCUT2D eigenvalue weighted by Crippen LogP contribution is -2.44. The summed E-state index contributed by atoms with van der Waals surface area (Å²) in [5.74, 6) is 0.406. The van der Waals surface area contributed by atoms with Crippen molar-refractivity contribution in [3.63, 3.8) is 0 Å². The Labute approximate surface area is 198 Å². The number of methoxy groups -OCH3 is 2. The number of carbonyl (C=O) groups is 2. The quantitative estimate of drug-likeness (QED) is 0.571. The van der Waals surface area contributed by atoms with E-state index < -0.39 is 12.0 Å². The van der Waals surface area contributed by atoms with Crippen LogP contribution >= 0.6 is 0 Å². The number of likely N-dealkylation sites (N-methyl/N-ethyl adjacent to an activating group) is 1. The maximum absolute atomic E-state index is 13.8. The summed E-state index contributed by atoms with van der Waals surface area (Å²) in [5.41, 5.74) is 2.34. The van der Waals surface area contributed by atoms with Gasteiger partial charge in [-0.3, -0.25) is 14.6 Å². The highest BCUT2D eigenvalue weighted by atomic mass is 16.5. The molecule has 0 bridgehead atoms. The van der Waals surface area contributed by atoms with E-state index in [0.717, 1.165) is 11.3 Å². The molecule has 0 aliphatic carbocycles. The molecular weight excluding hydrogens is 434 g/mol. The van der Waals surface area contributed by atoms with Crippen molar-refractivity contribution in [3.8, 4) is 17.2 Å². The number of rotatable bonds is 7. The number of carbonyl (C=O) groups excluding carboxylic acids is 2. The van der Waals surface area contributed by atoms with Crippen molar-refractivity contribution in [2.24, 2.45) is 0 Å². The summed E-state index contributed by atoms with van der Waals surface area (Å²) in [4.78, 5) is 32.9. The van der Waals surface area contributed by atoms with E-state index in [9.17, 15) is 9.59 Å². The molecule has 8 nitrogen and oxygen atoms in total. The van der Waals surface area contributed by atoms with Crippen molar-refractivity contribution in [2.75, 3.05) is 33.2 Å². The molecule has 0 spiro atoms. The Hall–Kier alpha value is -4.07. The molecule has 1 aromatic heterocycles. The van der Waals surface area contributed by atoms with Gasteiger partial charge in [0.15, 0.2) is 11.5 Å². The minimum absolute atomic E-state index is 0.213. The van der Waals surface area contributed by atoms with Gasteiger partial charge in [-0.2, -0.15) is 0 Å². The molecule has 1 N–H and O–H groups in total. The molecule has 3 aromatic rings. The van der Waals surface area contributed by atoms with Crippen molar-refractivity contribution < 1.29 is 23.8 Å². The van der Waals surface area contributed by atoms with Crippen molar-refractivity contribution in [3.05, 3.63) is 77.6 Å². The first kappa shape index (κ1) is 23.1. The lowest BCUT2D eigenvalue weighted by atomic mass is 9.79. The van der Waals surface area contributed by atoms with Gasteiger partial charge in [-0.05, 0) is 60.5 Å². The Morgan fingerprint density at radius 2 is 1.79 bits per heavy atom. The fraction of sp³-hybridized carbons (Fsp3) is 0.269. The highest BCUT2D eigenvalue weighted by molar-refractivity contribution is 6.04. The maximum Gasteiger partial charge on any atom is 0.254 e. The first-order valence-electron chi connectivity index (χ1n) is 10.9. The molecular formula is C26H27N3O5. The van der Waals surface area contributed by atoms with Crippen LogP contribution in [-0.4, -0.2) is 49.6 Å². The zero-order valence-electron chi connectivity index (χ0n) is 19.6. The number of fused-ring (bicyclic) bond motifs is 1. The van der Waals surface area contributed by atoms with Crippen molar-refractivity contribution in [1.82, 2.24) is 9.88 Å². The van der Waals surface area contributed by atoms with E-state index in [1.165, 1.54) is 14.2 Å². The van der Waals surface area contributed by atoms with Crippen LogP contribution in [-0.2, 0) is 4.79 Å². The number of pyridine rings is 1. The third-order valence-electron chi connectivity index (χ3n) is 5.92. The van der Waals surface area contributed by atoms with E-state index >= 15 is 0 Å². The number of amides is 2. The third kappa shape index (κ3) is 4.26. The summed E-state index contributed by atoms with van der Waals surface area (Å²) in [6.07, 6.45) is 3.34. The Morgan fingerprint density at radius 3 is 2.41 bits per heavy atom. The Kier molecular flexibility index (Phi) is 6.67. The second-order valence-corrected chi connectivity index (χ2v) is 7.87. The highest BCUT2D eigenvalue weighted by Crippen LogP contribution is 2.45. The number of nitrogens with one attached hydrogen (secondary N) is 1. The van der Waals surface area contributed by atoms with E-state index in [0.29, 0.717) is 34.9 Å². The Morgan fingerprint density at radius 1 is 1.09 bits per heavy atom. The van der Waals surface area contributed by atoms with Crippen molar-refractivity contribution in [1.29, 1.82) is 0 Å². The fourth-order valence-electron chi connectivity index (χ4n) is 4.32. The topological polar surface area (TPSA) is 90.0 Å². The van der Waals surface area contributed by atoms with E-state index in [1.54, 1.807) is 66.8 Å². The molecule has 176 valence electrons. The van der Waals surface area contributed by atoms with Crippen LogP contribution in [0.15, 0.2) is 60.9 Å². The van der Waals surface area contributed by atoms with Crippen molar-refractivity contribution >= 4 is 17.5 Å². The van der Waals surface area contributed by atoms with Crippen LogP contribution in [0, 0.1) is 0 Å². The number of ether oxygens (including phenoxy) is 3. The monoisotopic (exact) mass is 461 g/mol. The van der Waals surface area contributed by atoms with Gasteiger partial charge < -0.3 is 24.4 Å². The summed E-state index contributed by atoms with van der Waals surface area (Å²) in [6.45, 7) is 2.47. The van der Waals surface area contributed by atoms with Gasteiger partial charge in [-0.25, -0.2) is 0 Å². The van der Waals surface area contributed by atoms with Crippen molar-refractivity contribution in [2.45, 2.75) is 18.9 Å². The first-order valence-corrected chi connectivity index (χ1v) is 10.9. The number of benzene rings is 2. The molecule has 0 fully saturated rings. The molecule has 0 saturated heterocycles. The average molecular weight is 462 g/mol. The summed E-state index contributed by atoms with van der Waals surface area (Å²) < 4.78 is 16.4. The van der Waals surface area contributed by atoms with Crippen LogP contribution in [0.5, 0.6) is 17.2 Å². The molecule has 0 saturated carbocycles. The lowest BCUT2D eigenvalue weighted by Gasteiger charge is -2.39. The number of anilines is 1. The SMILES string of the molecule is CCOc1ccc(NC(=O)[C@@H]2c3cc(OC)c(OC)cc3C(=O)N(C)[C@@H]2c2cccnc2)cc1. The zero-order valence-corrected chi connectivity index (χ0v) is 19.6. The Bertz CT molecular complexity index is 1180. The van der Waals surface area contributed by atoms with Gasteiger partial charge in [-0.15, -0.1) is 0 Å². The van der Waals surface area contributed by atoms with Crippen LogP contribution < -0.4 is 19.5 Å². The number of hydrogen-bond acceptors (Lipinski definition) is 6. The van der Waals surface area contributed by atoms with Crippen LogP contribution in [0.3, 0.4) is 0 Å². The van der Waals surface area contributed by atoms with Crippen LogP contribution in [0.25, 0.3) is 0 Å². The molecule has 4 rings (SSSR count). The minimum atomic E-state index is -0.715. The number of nitrogens with zero attached hydrogens (tertiary/aromatic N) is 2. The molecule has 1 aliphatic rings. The van der Waals surface area contributed by atoms with Crippen LogP contribution in [0.2, 0.25) is 0 Å². The Balaban J connectivity index is 1.80. The van der Waals surface area contributed by atoms with Gasteiger partial charge in [-0.1, -0.05) is 6.07 Å². The smallest absolute Gasteiger partial charge is 0.254 e. The zero-order chi connectivity index (χ0) is 24.2. The van der Waals surface area contributed by atoms with E-state index in [4.69, 9.17) is 14.2 Å². The summed E-state index contributed by atoms with van der Waals surface area (Å²) in [7, 11) is 4.72. The van der Waals surface area contributed by atoms with Gasteiger partial charge in [0, 0.05) is 30.7 Å². The largest absolute Gasteiger partial charge is 0.494 e. The molecule has 2 amide bonds. The minimum Gasteiger partial charge on any atom is -0.494 e. The van der Waals surface area contributed by atoms with Gasteiger partial charge in [0.25, 0.3) is 5.91 Å². The van der Waals surface area contributed by atoms with Gasteiger partial charge >= 0.3 is 0 Å². The standard InChI is InChI=1S/C26H27N3O5/c1-5-34-18-10-8-17(9-11-18)28-25(30)23-19-13-21(32-3)22(33-4)14-20(19)26(31)29(2)24(23)16-7-6-12-27-15-16/h6-15,23-24H,5H2,1-4H3,(H,28,30)/t23-,24-/m1/s1. The van der Waals surface area contributed by atoms with Gasteiger partial charge in [0.2, 0.25) is 5.91 Å². The fourth-order valence-corrected chi connectivity index (χ4v) is 4.32. The summed E-state index contributed by atoms with van der Waals surface area (Å²) in [5, 5.41) is 3.00. The second-order valence-electron chi connectivity index (χ2n) is 7.87. The predicted molar refractivity (Wildman–Crippen MR) is 128 cm³/mol. The number of aromatic nitrogens is 1. The molecule has 0 radical (unpaired) electrons. The molecule has 0 unspecified atom stereocenters. The summed E-state index contributed by atoms with van der Waals surface area (Å²) in [6, 6.07) is 13.6. The van der Waals surface area contributed by atoms with Crippen LogP contribution in [0.1, 0.15) is 40.4 Å². The maximum atomic E-state index is 13.8. The molecule has 1 aliphatic heterocycles. The predicted octanol–water partition coefficient (Wildman–Crippen LogP) is 4.05. The molecule has 2 atom stereocenters. The average Bonchev–Trinajstić information content (AvgIpc) is 2.87. The summed E-state index contributed by atoms with van der Waals surface area (Å²) >= 11 is 0. The van der Waals surface area contributed by atoms with Gasteiger partial charge in [0.05, 0.1) is 32.8 Å². The van der Waals surface area contributed by atoms with Crippen LogP contribution in [0.4, 0.5) is 5.69 Å². The molecule has 2 aromatic carbocycles. The normalized spacial score (nSPS) is 17.1. The highest BCUT2D eigenvalue weighted by Gasteiger charge is 2.43. The van der Waals surface area contributed by atoms with E-state index in [2.05, 4.69) is 10.3 Å². The van der Waals surface area contributed by atoms with E-state index in [-0.39, 0.29) is 11.8 Å².